The summed E-state index contributed by atoms with van der Waals surface area (Å²) in [5.74, 6) is -2.34. The van der Waals surface area contributed by atoms with Gasteiger partial charge in [0.2, 0.25) is 0 Å². The van der Waals surface area contributed by atoms with Crippen LogP contribution in [-0.4, -0.2) is 82.3 Å². The second-order valence-corrected chi connectivity index (χ2v) is 19.8. The summed E-state index contributed by atoms with van der Waals surface area (Å²) >= 11 is 0. The largest absolute Gasteiger partial charge is 0.545 e. The van der Waals surface area contributed by atoms with Gasteiger partial charge < -0.3 is 33.3 Å². The molecule has 9 heteroatoms. The average molecular weight is 1020 g/mol. The molecule has 0 saturated heterocycles. The van der Waals surface area contributed by atoms with Gasteiger partial charge in [0, 0.05) is 12.8 Å². The van der Waals surface area contributed by atoms with Gasteiger partial charge in [-0.1, -0.05) is 206 Å². The summed E-state index contributed by atoms with van der Waals surface area (Å²) in [6, 6.07) is 0. The number of carbonyl (C=O) groups excluding carboxylic acids is 3. The van der Waals surface area contributed by atoms with Crippen molar-refractivity contribution in [3.63, 3.8) is 0 Å². The third-order valence-electron chi connectivity index (χ3n) is 11.7. The molecule has 0 rings (SSSR count). The van der Waals surface area contributed by atoms with Gasteiger partial charge in [0.05, 0.1) is 40.3 Å². The Bertz CT molecular complexity index is 1610. The molecule has 2 atom stereocenters. The predicted molar refractivity (Wildman–Crippen MR) is 306 cm³/mol. The van der Waals surface area contributed by atoms with Crippen molar-refractivity contribution >= 4 is 17.9 Å². The molecule has 0 aromatic rings. The first kappa shape index (κ1) is 68.7. The van der Waals surface area contributed by atoms with Gasteiger partial charge in [-0.15, -0.1) is 0 Å². The second-order valence-electron chi connectivity index (χ2n) is 19.8. The third kappa shape index (κ3) is 55.3. The van der Waals surface area contributed by atoms with Crippen LogP contribution in [0.25, 0.3) is 0 Å². The van der Waals surface area contributed by atoms with Crippen LogP contribution in [0.1, 0.15) is 206 Å². The first-order valence-electron chi connectivity index (χ1n) is 28.7. The molecule has 0 saturated carbocycles. The maximum atomic E-state index is 12.9. The number of carboxylic acids is 1. The zero-order valence-electron chi connectivity index (χ0n) is 47.0. The molecule has 0 aromatic carbocycles. The second kappa shape index (κ2) is 54.0. The van der Waals surface area contributed by atoms with Crippen molar-refractivity contribution in [2.24, 2.45) is 0 Å². The van der Waals surface area contributed by atoms with Crippen LogP contribution in [0.3, 0.4) is 0 Å². The molecule has 73 heavy (non-hydrogen) atoms. The van der Waals surface area contributed by atoms with E-state index in [1.54, 1.807) is 0 Å². The minimum absolute atomic E-state index is 0.135. The van der Waals surface area contributed by atoms with Crippen molar-refractivity contribution < 1.29 is 42.9 Å². The Balaban J connectivity index is 4.37. The lowest BCUT2D eigenvalue weighted by atomic mass is 10.1. The van der Waals surface area contributed by atoms with E-state index in [0.29, 0.717) is 17.4 Å². The summed E-state index contributed by atoms with van der Waals surface area (Å²) < 4.78 is 22.6. The summed E-state index contributed by atoms with van der Waals surface area (Å²) in [6.45, 7) is 4.56. The van der Waals surface area contributed by atoms with E-state index in [-0.39, 0.29) is 38.6 Å². The molecule has 0 radical (unpaired) electrons. The predicted octanol–water partition coefficient (Wildman–Crippen LogP) is 15.6. The molecule has 0 amide bonds. The van der Waals surface area contributed by atoms with Gasteiger partial charge in [-0.05, 0) is 109 Å². The molecule has 0 spiro atoms. The van der Waals surface area contributed by atoms with Crippen LogP contribution in [0, 0.1) is 0 Å². The monoisotopic (exact) mass is 1020 g/mol. The number of ether oxygens (including phenoxy) is 4. The lowest BCUT2D eigenvalue weighted by Crippen LogP contribution is -2.44. The number of nitrogens with zero attached hydrogens (tertiary/aromatic N) is 1. The molecule has 0 aliphatic rings. The highest BCUT2D eigenvalue weighted by Crippen LogP contribution is 2.14. The number of carbonyl (C=O) groups is 3. The van der Waals surface area contributed by atoms with Crippen LogP contribution >= 0.6 is 0 Å². The highest BCUT2D eigenvalue weighted by molar-refractivity contribution is 5.70. The van der Waals surface area contributed by atoms with E-state index < -0.39 is 24.3 Å². The normalized spacial score (nSPS) is 13.7. The standard InChI is InChI=1S/C64H105NO8/c1-6-8-10-12-14-16-18-20-22-24-26-27-28-29-30-31-32-33-34-35-37-39-41-43-45-47-49-51-53-55-62(67)73-60(59-72-64(63(68)69)70-57-56-65(3,4)5)58-71-61(66)54-52-50-48-46-44-42-40-38-36-25-23-21-19-17-15-13-11-9-7-2/h8,10,14-17,20-23,26-27,29-30,32-33,35,37,41,43,60,64H,6-7,9,11-13,18-19,24-25,28,31,34,36,38-40,42,44-59H2,1-5H3/b10-8-,16-14-,17-15-,22-20-,23-21-,27-26-,30-29-,33-32-,37-35-,43-41-. The number of hydrogen-bond acceptors (Lipinski definition) is 8. The third-order valence-corrected chi connectivity index (χ3v) is 11.7. The van der Waals surface area contributed by atoms with Crippen molar-refractivity contribution in [1.82, 2.24) is 0 Å². The van der Waals surface area contributed by atoms with E-state index in [1.807, 2.05) is 21.1 Å². The first-order valence-corrected chi connectivity index (χ1v) is 28.7. The number of unbranched alkanes of at least 4 members (excludes halogenated alkanes) is 16. The first-order chi connectivity index (χ1) is 35.6. The molecular weight excluding hydrogens is 911 g/mol. The fourth-order valence-electron chi connectivity index (χ4n) is 7.29. The zero-order valence-corrected chi connectivity index (χ0v) is 47.0. The average Bonchev–Trinajstić information content (AvgIpc) is 3.36. The van der Waals surface area contributed by atoms with Crippen LogP contribution in [0.2, 0.25) is 0 Å². The Morgan fingerprint density at radius 1 is 0.425 bits per heavy atom. The number of hydrogen-bond donors (Lipinski definition) is 0. The van der Waals surface area contributed by atoms with Gasteiger partial charge in [0.1, 0.15) is 13.2 Å². The van der Waals surface area contributed by atoms with Gasteiger partial charge in [-0.2, -0.15) is 0 Å². The van der Waals surface area contributed by atoms with Crippen LogP contribution in [0.5, 0.6) is 0 Å². The van der Waals surface area contributed by atoms with E-state index >= 15 is 0 Å². The number of esters is 2. The van der Waals surface area contributed by atoms with Crippen molar-refractivity contribution in [3.05, 3.63) is 122 Å². The minimum Gasteiger partial charge on any atom is -0.545 e. The van der Waals surface area contributed by atoms with Crippen molar-refractivity contribution in [1.29, 1.82) is 0 Å². The number of likely N-dealkylation sites (N-methyl/N-ethyl adjacent to an activating group) is 1. The Kier molecular flexibility index (Phi) is 50.8. The molecular formula is C64H105NO8. The number of aliphatic carboxylic acids is 1. The molecule has 0 aromatic heterocycles. The van der Waals surface area contributed by atoms with Gasteiger partial charge in [-0.25, -0.2) is 0 Å². The van der Waals surface area contributed by atoms with E-state index in [9.17, 15) is 19.5 Å². The van der Waals surface area contributed by atoms with Gasteiger partial charge >= 0.3 is 11.9 Å². The molecule has 0 heterocycles. The topological polar surface area (TPSA) is 111 Å². The molecule has 0 fully saturated rings. The lowest BCUT2D eigenvalue weighted by molar-refractivity contribution is -0.870. The van der Waals surface area contributed by atoms with Gasteiger partial charge in [0.25, 0.3) is 0 Å². The summed E-state index contributed by atoms with van der Waals surface area (Å²) in [4.78, 5) is 37.3. The lowest BCUT2D eigenvalue weighted by Gasteiger charge is -2.26. The molecule has 9 nitrogen and oxygen atoms in total. The van der Waals surface area contributed by atoms with E-state index in [2.05, 4.69) is 135 Å². The van der Waals surface area contributed by atoms with Crippen molar-refractivity contribution in [2.45, 2.75) is 219 Å². The highest BCUT2D eigenvalue weighted by Gasteiger charge is 2.22. The van der Waals surface area contributed by atoms with Crippen LogP contribution in [-0.2, 0) is 33.3 Å². The smallest absolute Gasteiger partial charge is 0.306 e. The summed E-state index contributed by atoms with van der Waals surface area (Å²) in [5, 5.41) is 11.8. The SMILES string of the molecule is CC/C=C\C/C=C\C/C=C\C/C=C\C/C=C\C/C=C\C/C=C\C/C=C\CCCCCCC(=O)OC(COC(=O)CCCCCCCCCCC/C=C\C/C=C\CCCCC)COC(OCC[N+](C)(C)C)C(=O)[O-]. The van der Waals surface area contributed by atoms with E-state index in [1.165, 1.54) is 57.8 Å². The zero-order chi connectivity index (χ0) is 53.4. The molecule has 0 aliphatic heterocycles. The number of carboxylic acid groups (broad SMARTS) is 1. The van der Waals surface area contributed by atoms with Crippen LogP contribution in [0.4, 0.5) is 0 Å². The van der Waals surface area contributed by atoms with Crippen LogP contribution < -0.4 is 5.11 Å². The quantitative estimate of drug-likeness (QED) is 0.0195. The van der Waals surface area contributed by atoms with E-state index in [4.69, 9.17) is 18.9 Å². The van der Waals surface area contributed by atoms with Crippen molar-refractivity contribution in [2.75, 3.05) is 47.5 Å². The molecule has 0 bridgehead atoms. The summed E-state index contributed by atoms with van der Waals surface area (Å²) in [6.07, 6.45) is 72.4. The maximum absolute atomic E-state index is 12.9. The Morgan fingerprint density at radius 2 is 0.781 bits per heavy atom. The number of rotatable bonds is 51. The van der Waals surface area contributed by atoms with E-state index in [0.717, 1.165) is 116 Å². The number of allylic oxidation sites excluding steroid dienone is 20. The fourth-order valence-corrected chi connectivity index (χ4v) is 7.29. The highest BCUT2D eigenvalue weighted by atomic mass is 16.7. The van der Waals surface area contributed by atoms with Crippen LogP contribution in [0.15, 0.2) is 122 Å². The van der Waals surface area contributed by atoms with Gasteiger partial charge in [-0.3, -0.25) is 9.59 Å². The van der Waals surface area contributed by atoms with Gasteiger partial charge in [0.15, 0.2) is 12.4 Å². The number of quaternary nitrogens is 1. The Labute approximate surface area is 447 Å². The van der Waals surface area contributed by atoms with Crippen molar-refractivity contribution in [3.8, 4) is 0 Å². The molecule has 0 N–H and O–H groups in total. The fraction of sp³-hybridized carbons (Fsp3) is 0.641. The molecule has 414 valence electrons. The Hall–Kier alpha value is -4.31. The summed E-state index contributed by atoms with van der Waals surface area (Å²) in [7, 11) is 5.90. The molecule has 2 unspecified atom stereocenters. The Morgan fingerprint density at radius 3 is 1.16 bits per heavy atom. The maximum Gasteiger partial charge on any atom is 0.306 e. The minimum atomic E-state index is -1.64. The molecule has 0 aliphatic carbocycles. The summed E-state index contributed by atoms with van der Waals surface area (Å²) in [5.41, 5.74) is 0.